The van der Waals surface area contributed by atoms with E-state index in [0.29, 0.717) is 11.8 Å². The number of aryl methyl sites for hydroxylation is 1. The Labute approximate surface area is 155 Å². The van der Waals surface area contributed by atoms with Gasteiger partial charge in [-0.15, -0.1) is 0 Å². The van der Waals surface area contributed by atoms with Crippen molar-refractivity contribution in [1.29, 1.82) is 0 Å². The van der Waals surface area contributed by atoms with Crippen molar-refractivity contribution in [2.75, 3.05) is 5.32 Å². The van der Waals surface area contributed by atoms with Gasteiger partial charge in [-0.25, -0.2) is 0 Å². The molecule has 0 saturated carbocycles. The van der Waals surface area contributed by atoms with E-state index in [1.165, 1.54) is 16.7 Å². The highest BCUT2D eigenvalue weighted by Gasteiger charge is 2.39. The second kappa shape index (κ2) is 6.64. The van der Waals surface area contributed by atoms with E-state index in [1.54, 1.807) is 0 Å². The molecule has 0 saturated heterocycles. The molecule has 3 atom stereocenters. The van der Waals surface area contributed by atoms with Crippen LogP contribution in [0.5, 0.6) is 0 Å². The number of allylic oxidation sites excluding steroid dienone is 2. The number of hydrogen-bond donors (Lipinski definition) is 2. The lowest BCUT2D eigenvalue weighted by molar-refractivity contribution is 0.0943. The summed E-state index contributed by atoms with van der Waals surface area (Å²) in [5, 5.41) is 6.76. The van der Waals surface area contributed by atoms with Crippen molar-refractivity contribution in [3.05, 3.63) is 76.9 Å². The molecule has 0 spiro atoms. The summed E-state index contributed by atoms with van der Waals surface area (Å²) in [5.41, 5.74) is 5.53. The largest absolute Gasteiger partial charge is 0.377 e. The third-order valence-electron chi connectivity index (χ3n) is 5.50. The van der Waals surface area contributed by atoms with Crippen molar-refractivity contribution in [2.45, 2.75) is 45.2 Å². The van der Waals surface area contributed by atoms with E-state index in [0.717, 1.165) is 17.7 Å². The predicted octanol–water partition coefficient (Wildman–Crippen LogP) is 4.96. The van der Waals surface area contributed by atoms with Crippen LogP contribution in [0.3, 0.4) is 0 Å². The van der Waals surface area contributed by atoms with Crippen LogP contribution >= 0.6 is 0 Å². The molecule has 2 aromatic carbocycles. The summed E-state index contributed by atoms with van der Waals surface area (Å²) in [7, 11) is 0. The number of anilines is 1. The van der Waals surface area contributed by atoms with E-state index in [1.807, 2.05) is 26.0 Å². The molecule has 0 fully saturated rings. The molecular weight excluding hydrogens is 320 g/mol. The third kappa shape index (κ3) is 2.92. The zero-order valence-electron chi connectivity index (χ0n) is 15.6. The third-order valence-corrected chi connectivity index (χ3v) is 5.50. The molecule has 2 N–H and O–H groups in total. The molecule has 2 aliphatic rings. The minimum Gasteiger partial charge on any atom is -0.377 e. The van der Waals surface area contributed by atoms with Crippen LogP contribution in [0.25, 0.3) is 0 Å². The summed E-state index contributed by atoms with van der Waals surface area (Å²) < 4.78 is 0. The molecule has 3 nitrogen and oxygen atoms in total. The number of carbonyl (C=O) groups excluding carboxylic acids is 1. The van der Waals surface area contributed by atoms with Crippen molar-refractivity contribution in [3.8, 4) is 0 Å². The molecule has 4 rings (SSSR count). The van der Waals surface area contributed by atoms with E-state index in [9.17, 15) is 4.79 Å². The van der Waals surface area contributed by atoms with Gasteiger partial charge in [-0.2, -0.15) is 0 Å². The molecule has 0 radical (unpaired) electrons. The Balaban J connectivity index is 1.77. The first-order valence-corrected chi connectivity index (χ1v) is 9.48. The van der Waals surface area contributed by atoms with Gasteiger partial charge < -0.3 is 10.6 Å². The van der Waals surface area contributed by atoms with E-state index in [2.05, 4.69) is 60.0 Å². The van der Waals surface area contributed by atoms with Crippen LogP contribution in [-0.4, -0.2) is 11.9 Å². The fourth-order valence-corrected chi connectivity index (χ4v) is 4.25. The predicted molar refractivity (Wildman–Crippen MR) is 107 cm³/mol. The first-order chi connectivity index (χ1) is 12.5. The fourth-order valence-electron chi connectivity index (χ4n) is 4.25. The van der Waals surface area contributed by atoms with Crippen LogP contribution in [0, 0.1) is 12.8 Å². The summed E-state index contributed by atoms with van der Waals surface area (Å²) in [5.74, 6) is 0.852. The number of carbonyl (C=O) groups is 1. The van der Waals surface area contributed by atoms with Gasteiger partial charge in [0.15, 0.2) is 0 Å². The number of hydrogen-bond acceptors (Lipinski definition) is 2. The van der Waals surface area contributed by atoms with Crippen molar-refractivity contribution in [1.82, 2.24) is 5.32 Å². The topological polar surface area (TPSA) is 41.1 Å². The highest BCUT2D eigenvalue weighted by molar-refractivity contribution is 6.01. The lowest BCUT2D eigenvalue weighted by Crippen LogP contribution is -2.34. The average molecular weight is 346 g/mol. The zero-order valence-corrected chi connectivity index (χ0v) is 15.6. The Morgan fingerprint density at radius 2 is 1.92 bits per heavy atom. The van der Waals surface area contributed by atoms with Gasteiger partial charge in [0.25, 0.3) is 5.91 Å². The van der Waals surface area contributed by atoms with Gasteiger partial charge in [-0.1, -0.05) is 54.1 Å². The number of rotatable bonds is 3. The molecule has 1 amide bonds. The number of amides is 1. The van der Waals surface area contributed by atoms with Gasteiger partial charge in [-0.05, 0) is 50.3 Å². The van der Waals surface area contributed by atoms with Crippen molar-refractivity contribution in [3.63, 3.8) is 0 Å². The van der Waals surface area contributed by atoms with Crippen LogP contribution in [0.2, 0.25) is 0 Å². The molecule has 0 aromatic heterocycles. The quantitative estimate of drug-likeness (QED) is 0.771. The number of nitrogens with one attached hydrogen (secondary N) is 2. The summed E-state index contributed by atoms with van der Waals surface area (Å²) in [6.07, 6.45) is 5.67. The van der Waals surface area contributed by atoms with Gasteiger partial charge in [-0.3, -0.25) is 4.79 Å². The summed E-state index contributed by atoms with van der Waals surface area (Å²) in [6, 6.07) is 15.2. The first-order valence-electron chi connectivity index (χ1n) is 9.48. The Kier molecular flexibility index (Phi) is 4.31. The number of benzene rings is 2. The van der Waals surface area contributed by atoms with Crippen LogP contribution in [-0.2, 0) is 0 Å². The second-order valence-corrected chi connectivity index (χ2v) is 7.78. The molecule has 134 valence electrons. The average Bonchev–Trinajstić information content (AvgIpc) is 3.10. The van der Waals surface area contributed by atoms with E-state index < -0.39 is 0 Å². The molecule has 1 aliphatic heterocycles. The highest BCUT2D eigenvalue weighted by Crippen LogP contribution is 2.50. The lowest BCUT2D eigenvalue weighted by atomic mass is 9.76. The van der Waals surface area contributed by atoms with Crippen LogP contribution in [0.15, 0.2) is 54.6 Å². The van der Waals surface area contributed by atoms with Gasteiger partial charge >= 0.3 is 0 Å². The maximum atomic E-state index is 12.7. The molecule has 26 heavy (non-hydrogen) atoms. The summed E-state index contributed by atoms with van der Waals surface area (Å²) >= 11 is 0. The van der Waals surface area contributed by atoms with E-state index in [-0.39, 0.29) is 18.0 Å². The number of para-hydroxylation sites is 1. The smallest absolute Gasteiger partial charge is 0.253 e. The minimum atomic E-state index is -0.00701. The van der Waals surface area contributed by atoms with Crippen LogP contribution in [0.4, 0.5) is 5.69 Å². The Morgan fingerprint density at radius 3 is 2.65 bits per heavy atom. The summed E-state index contributed by atoms with van der Waals surface area (Å²) in [6.45, 7) is 6.10. The molecular formula is C23H26N2O. The van der Waals surface area contributed by atoms with Crippen LogP contribution < -0.4 is 10.6 Å². The van der Waals surface area contributed by atoms with Gasteiger partial charge in [0.05, 0.1) is 17.3 Å². The highest BCUT2D eigenvalue weighted by atomic mass is 16.1. The maximum absolute atomic E-state index is 12.7. The Bertz CT molecular complexity index is 851. The van der Waals surface area contributed by atoms with Crippen molar-refractivity contribution in [2.24, 2.45) is 5.92 Å². The molecule has 3 unspecified atom stereocenters. The normalized spacial score (nSPS) is 23.3. The van der Waals surface area contributed by atoms with Gasteiger partial charge in [0, 0.05) is 12.0 Å². The zero-order chi connectivity index (χ0) is 18.3. The molecule has 1 heterocycles. The minimum absolute atomic E-state index is 0.00701. The first kappa shape index (κ1) is 16.9. The number of fused-ring (bicyclic) bond motifs is 3. The van der Waals surface area contributed by atoms with Crippen molar-refractivity contribution >= 4 is 11.6 Å². The fraction of sp³-hybridized carbons (Fsp3) is 0.348. The monoisotopic (exact) mass is 346 g/mol. The van der Waals surface area contributed by atoms with E-state index >= 15 is 0 Å². The second-order valence-electron chi connectivity index (χ2n) is 7.78. The molecule has 2 aromatic rings. The SMILES string of the molecule is Cc1ccc(C2Nc3c(C(=O)NC(C)C)cccc3C3C=CCC32)cc1. The standard InChI is InChI=1S/C23H26N2O/c1-14(2)24-23(26)20-9-5-8-19-17-6-4-7-18(17)21(25-22(19)20)16-12-10-15(3)11-13-16/h4-6,8-14,17-18,21,25H,7H2,1-3H3,(H,24,26). The lowest BCUT2D eigenvalue weighted by Gasteiger charge is -2.38. The van der Waals surface area contributed by atoms with Gasteiger partial charge in [0.1, 0.15) is 0 Å². The molecule has 0 bridgehead atoms. The van der Waals surface area contributed by atoms with Crippen LogP contribution in [0.1, 0.15) is 59.3 Å². The Hall–Kier alpha value is -2.55. The van der Waals surface area contributed by atoms with Crippen molar-refractivity contribution < 1.29 is 4.79 Å². The summed E-state index contributed by atoms with van der Waals surface area (Å²) in [4.78, 5) is 12.7. The Morgan fingerprint density at radius 1 is 1.15 bits per heavy atom. The van der Waals surface area contributed by atoms with E-state index in [4.69, 9.17) is 0 Å². The molecule has 3 heteroatoms. The maximum Gasteiger partial charge on any atom is 0.253 e. The van der Waals surface area contributed by atoms with Gasteiger partial charge in [0.2, 0.25) is 0 Å². The molecule has 1 aliphatic carbocycles.